The highest BCUT2D eigenvalue weighted by molar-refractivity contribution is 7.73. The summed E-state index contributed by atoms with van der Waals surface area (Å²) in [5, 5.41) is 3.22. The quantitative estimate of drug-likeness (QED) is 0.584. The van der Waals surface area contributed by atoms with Crippen LogP contribution >= 0.6 is 0 Å². The van der Waals surface area contributed by atoms with E-state index >= 15 is 0 Å². The lowest BCUT2D eigenvalue weighted by atomic mass is 9.69. The van der Waals surface area contributed by atoms with Gasteiger partial charge in [-0.15, -0.1) is 0 Å². The van der Waals surface area contributed by atoms with Crippen LogP contribution < -0.4 is 10.2 Å². The van der Waals surface area contributed by atoms with Crippen LogP contribution in [0.25, 0.3) is 0 Å². The number of benzene rings is 1. The summed E-state index contributed by atoms with van der Waals surface area (Å²) in [7, 11) is 1.88. The van der Waals surface area contributed by atoms with Gasteiger partial charge in [-0.1, -0.05) is 30.3 Å². The zero-order chi connectivity index (χ0) is 22.2. The van der Waals surface area contributed by atoms with Gasteiger partial charge in [-0.3, -0.25) is 14.8 Å². The van der Waals surface area contributed by atoms with Gasteiger partial charge in [0.1, 0.15) is 0 Å². The molecule has 0 atom stereocenters. The number of anilines is 1. The lowest BCUT2D eigenvalue weighted by Gasteiger charge is -2.48. The number of hydrogen-bond donors (Lipinski definition) is 1. The molecule has 1 saturated heterocycles. The number of hydrogen-bond acceptors (Lipinski definition) is 5. The average molecular weight is 441 g/mol. The molecule has 4 rings (SSSR count). The number of rotatable bonds is 4. The summed E-state index contributed by atoms with van der Waals surface area (Å²) in [4.78, 5) is 21.3. The van der Waals surface area contributed by atoms with Crippen LogP contribution in [0.1, 0.15) is 43.7 Å². The maximum atomic E-state index is 13.0. The average Bonchev–Trinajstić information content (AvgIpc) is 3.10. The summed E-state index contributed by atoms with van der Waals surface area (Å²) < 4.78 is 23.1. The normalized spacial score (nSPS) is 25.7. The summed E-state index contributed by atoms with van der Waals surface area (Å²) in [5.41, 5.74) is 1.95. The first kappa shape index (κ1) is 21.5. The third kappa shape index (κ3) is 3.74. The third-order valence-corrected chi connectivity index (χ3v) is 7.72. The fourth-order valence-corrected chi connectivity index (χ4v) is 5.41. The summed E-state index contributed by atoms with van der Waals surface area (Å²) in [5.74, 6) is 0. The molecule has 2 aliphatic rings. The molecule has 1 aromatic heterocycles. The number of aromatic nitrogens is 1. The zero-order valence-electron chi connectivity index (χ0n) is 18.1. The van der Waals surface area contributed by atoms with E-state index in [0.717, 1.165) is 25.7 Å². The van der Waals surface area contributed by atoms with Crippen molar-refractivity contribution in [1.82, 2.24) is 15.2 Å². The molecule has 1 spiro atoms. The van der Waals surface area contributed by atoms with Crippen molar-refractivity contribution >= 4 is 26.9 Å². The van der Waals surface area contributed by atoms with Gasteiger partial charge in [0.25, 0.3) is 0 Å². The summed E-state index contributed by atoms with van der Waals surface area (Å²) in [6, 6.07) is 12.0. The minimum absolute atomic E-state index is 0.0616. The molecule has 1 aliphatic heterocycles. The molecule has 8 heteroatoms. The number of pyridine rings is 1. The Bertz CT molecular complexity index is 1110. The molecule has 7 nitrogen and oxygen atoms in total. The van der Waals surface area contributed by atoms with Gasteiger partial charge in [0.15, 0.2) is 0 Å². The lowest BCUT2D eigenvalue weighted by molar-refractivity contribution is 0.0658. The molecule has 0 radical (unpaired) electrons. The molecule has 0 unspecified atom stereocenters. The summed E-state index contributed by atoms with van der Waals surface area (Å²) in [6.45, 7) is 2.04. The van der Waals surface area contributed by atoms with Crippen molar-refractivity contribution in [2.75, 3.05) is 25.5 Å². The first-order chi connectivity index (χ1) is 14.8. The van der Waals surface area contributed by atoms with Gasteiger partial charge in [-0.05, 0) is 58.3 Å². The third-order valence-electron chi connectivity index (χ3n) is 7.00. The number of urea groups is 1. The van der Waals surface area contributed by atoms with Crippen LogP contribution in [-0.2, 0) is 15.8 Å². The van der Waals surface area contributed by atoms with E-state index in [1.807, 2.05) is 6.07 Å². The van der Waals surface area contributed by atoms with Crippen molar-refractivity contribution in [1.29, 1.82) is 0 Å². The van der Waals surface area contributed by atoms with Crippen molar-refractivity contribution < 1.29 is 13.2 Å². The Morgan fingerprint density at radius 2 is 1.77 bits per heavy atom. The minimum atomic E-state index is -2.36. The van der Waals surface area contributed by atoms with E-state index in [9.17, 15) is 13.2 Å². The first-order valence-corrected chi connectivity index (χ1v) is 11.6. The van der Waals surface area contributed by atoms with E-state index in [2.05, 4.69) is 53.6 Å². The fourth-order valence-electron chi connectivity index (χ4n) is 5.06. The van der Waals surface area contributed by atoms with Crippen LogP contribution in [0.4, 0.5) is 10.5 Å². The molecule has 2 aromatic rings. The van der Waals surface area contributed by atoms with E-state index in [-0.39, 0.29) is 22.0 Å². The highest BCUT2D eigenvalue weighted by Gasteiger charge is 2.50. The Kier molecular flexibility index (Phi) is 5.61. The van der Waals surface area contributed by atoms with E-state index in [1.165, 1.54) is 12.5 Å². The molecular formula is C23H28N4O3S. The Labute approximate surface area is 184 Å². The monoisotopic (exact) mass is 440 g/mol. The van der Waals surface area contributed by atoms with E-state index in [1.54, 1.807) is 23.4 Å². The maximum Gasteiger partial charge on any atom is 0.322 e. The van der Waals surface area contributed by atoms with Gasteiger partial charge in [0.05, 0.1) is 28.8 Å². The molecule has 1 aliphatic carbocycles. The van der Waals surface area contributed by atoms with Crippen molar-refractivity contribution in [2.24, 2.45) is 0 Å². The Morgan fingerprint density at radius 3 is 2.39 bits per heavy atom. The van der Waals surface area contributed by atoms with Gasteiger partial charge in [0, 0.05) is 17.3 Å². The van der Waals surface area contributed by atoms with Gasteiger partial charge >= 0.3 is 6.03 Å². The number of amides is 2. The largest absolute Gasteiger partial charge is 0.330 e. The summed E-state index contributed by atoms with van der Waals surface area (Å²) in [6.07, 6.45) is 6.65. The van der Waals surface area contributed by atoms with E-state index in [4.69, 9.17) is 0 Å². The predicted molar refractivity (Wildman–Crippen MR) is 122 cm³/mol. The van der Waals surface area contributed by atoms with Crippen LogP contribution in [0.3, 0.4) is 0 Å². The molecule has 2 amide bonds. The second-order valence-corrected chi connectivity index (χ2v) is 9.85. The van der Waals surface area contributed by atoms with Gasteiger partial charge < -0.3 is 5.32 Å². The minimum Gasteiger partial charge on any atom is -0.330 e. The van der Waals surface area contributed by atoms with Crippen LogP contribution in [0.15, 0.2) is 48.8 Å². The second kappa shape index (κ2) is 8.09. The van der Waals surface area contributed by atoms with Crippen LogP contribution in [-0.4, -0.2) is 55.4 Å². The van der Waals surface area contributed by atoms with Gasteiger partial charge in [-0.25, -0.2) is 4.79 Å². The molecule has 2 fully saturated rings. The smallest absolute Gasteiger partial charge is 0.322 e. The van der Waals surface area contributed by atoms with Gasteiger partial charge in [-0.2, -0.15) is 8.42 Å². The fraction of sp³-hybridized carbons (Fsp3) is 0.435. The van der Waals surface area contributed by atoms with E-state index < -0.39 is 10.3 Å². The number of nitrogens with one attached hydrogen (secondary N) is 1. The zero-order valence-corrected chi connectivity index (χ0v) is 18.9. The summed E-state index contributed by atoms with van der Waals surface area (Å²) >= 11 is 0. The number of carbonyl (C=O) groups is 1. The molecular weight excluding hydrogens is 412 g/mol. The van der Waals surface area contributed by atoms with Crippen LogP contribution in [0.2, 0.25) is 0 Å². The van der Waals surface area contributed by atoms with Crippen molar-refractivity contribution in [3.05, 3.63) is 59.9 Å². The predicted octanol–water partition coefficient (Wildman–Crippen LogP) is 2.80. The topological polar surface area (TPSA) is 82.6 Å². The van der Waals surface area contributed by atoms with Crippen molar-refractivity contribution in [3.8, 4) is 0 Å². The molecule has 1 saturated carbocycles. The highest BCUT2D eigenvalue weighted by Crippen LogP contribution is 2.46. The Morgan fingerprint density at radius 1 is 1.10 bits per heavy atom. The van der Waals surface area contributed by atoms with Crippen LogP contribution in [0.5, 0.6) is 0 Å². The Balaban J connectivity index is 1.61. The molecule has 164 valence electrons. The number of nitrogens with zero attached hydrogens (tertiary/aromatic N) is 3. The SMILES string of the molecule is CC(c1ccncc1N1CC2(CCC(c3ccccc3)(N(C)C)CC2)NC1=O)=S(=O)=O. The van der Waals surface area contributed by atoms with Crippen LogP contribution in [0, 0.1) is 0 Å². The van der Waals surface area contributed by atoms with Crippen molar-refractivity contribution in [3.63, 3.8) is 0 Å². The first-order valence-electron chi connectivity index (χ1n) is 10.5. The molecule has 1 aromatic carbocycles. The Hall–Kier alpha value is -2.71. The second-order valence-electron chi connectivity index (χ2n) is 8.77. The van der Waals surface area contributed by atoms with Gasteiger partial charge in [0.2, 0.25) is 10.3 Å². The highest BCUT2D eigenvalue weighted by atomic mass is 32.2. The lowest BCUT2D eigenvalue weighted by Crippen LogP contribution is -2.54. The maximum absolute atomic E-state index is 13.0. The molecule has 31 heavy (non-hydrogen) atoms. The molecule has 1 N–H and O–H groups in total. The standard InChI is InChI=1S/C23H28N4O3S/c1-17(31(29)30)19-9-14-24-15-20(19)27-16-22(25-21(27)28)10-12-23(13-11-22,26(2)3)18-7-5-4-6-8-18/h4-9,14-15H,10-13,16H2,1-3H3,(H,25,28). The van der Waals surface area contributed by atoms with Crippen molar-refractivity contribution in [2.45, 2.75) is 43.7 Å². The molecule has 0 bridgehead atoms. The number of carbonyl (C=O) groups excluding carboxylic acids is 1. The van der Waals surface area contributed by atoms with E-state index in [0.29, 0.717) is 17.8 Å². The molecule has 2 heterocycles.